The molecule has 1 saturated heterocycles. The highest BCUT2D eigenvalue weighted by molar-refractivity contribution is 7.91. The maximum atomic E-state index is 13.5. The minimum atomic E-state index is -3.18. The van der Waals surface area contributed by atoms with Gasteiger partial charge in [-0.05, 0) is 36.2 Å². The molecule has 2 aromatic rings. The van der Waals surface area contributed by atoms with Crippen LogP contribution < -0.4 is 18.9 Å². The third-order valence-electron chi connectivity index (χ3n) is 5.52. The van der Waals surface area contributed by atoms with Crippen molar-refractivity contribution in [2.24, 2.45) is 0 Å². The second-order valence-corrected chi connectivity index (χ2v) is 9.81. The fourth-order valence-corrected chi connectivity index (χ4v) is 5.64. The second-order valence-electron chi connectivity index (χ2n) is 7.58. The molecule has 0 bridgehead atoms. The molecule has 2 aliphatic rings. The molecule has 0 spiro atoms. The van der Waals surface area contributed by atoms with Gasteiger partial charge < -0.3 is 23.8 Å². The van der Waals surface area contributed by atoms with Gasteiger partial charge in [0.15, 0.2) is 32.8 Å². The first-order chi connectivity index (χ1) is 14.9. The zero-order valence-corrected chi connectivity index (χ0v) is 18.3. The summed E-state index contributed by atoms with van der Waals surface area (Å²) in [4.78, 5) is 15.0. The molecular formula is C22H25NO7S. The summed E-state index contributed by atoms with van der Waals surface area (Å²) in [6.45, 7) is 0.290. The Morgan fingerprint density at radius 3 is 2.52 bits per heavy atom. The summed E-state index contributed by atoms with van der Waals surface area (Å²) in [5.74, 6) is 1.91. The minimum Gasteiger partial charge on any atom is -0.493 e. The number of ether oxygens (including phenoxy) is 4. The second kappa shape index (κ2) is 8.66. The SMILES string of the molecule is COc1ccc(CN(C(=O)C2COc3ccccc3O2)C2CCS(=O)(=O)C2)cc1OC. The molecule has 31 heavy (non-hydrogen) atoms. The standard InChI is InChI=1S/C22H25NO7S/c1-27-17-8-7-15(11-20(17)28-2)12-23(16-9-10-31(25,26)14-16)22(24)21-13-29-18-5-3-4-6-19(18)30-21/h3-8,11,16,21H,9-10,12-14H2,1-2H3. The van der Waals surface area contributed by atoms with Gasteiger partial charge >= 0.3 is 0 Å². The highest BCUT2D eigenvalue weighted by Gasteiger charge is 2.39. The van der Waals surface area contributed by atoms with Gasteiger partial charge in [-0.15, -0.1) is 0 Å². The van der Waals surface area contributed by atoms with Crippen molar-refractivity contribution in [2.45, 2.75) is 25.1 Å². The van der Waals surface area contributed by atoms with Crippen LogP contribution >= 0.6 is 0 Å². The molecular weight excluding hydrogens is 422 g/mol. The lowest BCUT2D eigenvalue weighted by Crippen LogP contribution is -2.50. The molecule has 2 atom stereocenters. The van der Waals surface area contributed by atoms with Gasteiger partial charge in [0, 0.05) is 12.6 Å². The molecule has 9 heteroatoms. The van der Waals surface area contributed by atoms with Gasteiger partial charge in [0.25, 0.3) is 5.91 Å². The van der Waals surface area contributed by atoms with Gasteiger partial charge in [-0.25, -0.2) is 8.42 Å². The highest BCUT2D eigenvalue weighted by atomic mass is 32.2. The summed E-state index contributed by atoms with van der Waals surface area (Å²) >= 11 is 0. The molecule has 0 aromatic heterocycles. The normalized spacial score (nSPS) is 21.4. The number of fused-ring (bicyclic) bond motifs is 1. The summed E-state index contributed by atoms with van der Waals surface area (Å²) in [7, 11) is -0.0888. The lowest BCUT2D eigenvalue weighted by atomic mass is 10.1. The monoisotopic (exact) mass is 447 g/mol. The van der Waals surface area contributed by atoms with E-state index in [9.17, 15) is 13.2 Å². The number of hydrogen-bond acceptors (Lipinski definition) is 7. The van der Waals surface area contributed by atoms with Crippen molar-refractivity contribution in [3.8, 4) is 23.0 Å². The Hall–Kier alpha value is -2.94. The average Bonchev–Trinajstić information content (AvgIpc) is 3.15. The van der Waals surface area contributed by atoms with Gasteiger partial charge in [0.1, 0.15) is 6.61 Å². The van der Waals surface area contributed by atoms with Crippen molar-refractivity contribution >= 4 is 15.7 Å². The smallest absolute Gasteiger partial charge is 0.267 e. The van der Waals surface area contributed by atoms with E-state index >= 15 is 0 Å². The van der Waals surface area contributed by atoms with Crippen LogP contribution in [0.2, 0.25) is 0 Å². The quantitative estimate of drug-likeness (QED) is 0.669. The van der Waals surface area contributed by atoms with Crippen LogP contribution in [0.1, 0.15) is 12.0 Å². The number of carbonyl (C=O) groups excluding carboxylic acids is 1. The molecule has 8 nitrogen and oxygen atoms in total. The fraction of sp³-hybridized carbons (Fsp3) is 0.409. The first-order valence-electron chi connectivity index (χ1n) is 10.0. The van der Waals surface area contributed by atoms with Crippen LogP contribution in [0.5, 0.6) is 23.0 Å². The maximum Gasteiger partial charge on any atom is 0.267 e. The van der Waals surface area contributed by atoms with Crippen LogP contribution in [-0.4, -0.2) is 63.7 Å². The number of rotatable bonds is 6. The summed E-state index contributed by atoms with van der Waals surface area (Å²) in [5.41, 5.74) is 0.799. The van der Waals surface area contributed by atoms with Crippen molar-refractivity contribution in [1.82, 2.24) is 4.90 Å². The number of nitrogens with zero attached hydrogens (tertiary/aromatic N) is 1. The van der Waals surface area contributed by atoms with Crippen molar-refractivity contribution in [3.05, 3.63) is 48.0 Å². The van der Waals surface area contributed by atoms with Gasteiger partial charge in [0.05, 0.1) is 25.7 Å². The van der Waals surface area contributed by atoms with Crippen molar-refractivity contribution in [2.75, 3.05) is 32.3 Å². The zero-order valence-electron chi connectivity index (χ0n) is 17.4. The van der Waals surface area contributed by atoms with Crippen LogP contribution in [0, 0.1) is 0 Å². The molecule has 4 rings (SSSR count). The van der Waals surface area contributed by atoms with Crippen molar-refractivity contribution in [3.63, 3.8) is 0 Å². The largest absolute Gasteiger partial charge is 0.493 e. The molecule has 1 amide bonds. The zero-order chi connectivity index (χ0) is 22.0. The molecule has 0 N–H and O–H groups in total. The average molecular weight is 448 g/mol. The predicted molar refractivity (Wildman–Crippen MR) is 114 cm³/mol. The summed E-state index contributed by atoms with van der Waals surface area (Å²) in [5, 5.41) is 0. The van der Waals surface area contributed by atoms with Crippen LogP contribution in [0.4, 0.5) is 0 Å². The molecule has 166 valence electrons. The number of methoxy groups -OCH3 is 2. The third-order valence-corrected chi connectivity index (χ3v) is 7.27. The summed E-state index contributed by atoms with van der Waals surface area (Å²) < 4.78 is 46.5. The Labute approximate surface area is 181 Å². The van der Waals surface area contributed by atoms with E-state index in [1.807, 2.05) is 12.1 Å². The fourth-order valence-electron chi connectivity index (χ4n) is 3.91. The van der Waals surface area contributed by atoms with E-state index in [2.05, 4.69) is 0 Å². The Bertz CT molecular complexity index is 1070. The third kappa shape index (κ3) is 4.56. The van der Waals surface area contributed by atoms with Crippen LogP contribution in [0.15, 0.2) is 42.5 Å². The highest BCUT2D eigenvalue weighted by Crippen LogP contribution is 2.33. The molecule has 2 heterocycles. The Kier molecular flexibility index (Phi) is 5.95. The van der Waals surface area contributed by atoms with E-state index in [0.29, 0.717) is 29.4 Å². The van der Waals surface area contributed by atoms with Gasteiger partial charge in [0.2, 0.25) is 6.10 Å². The van der Waals surface area contributed by atoms with Gasteiger partial charge in [-0.1, -0.05) is 18.2 Å². The summed E-state index contributed by atoms with van der Waals surface area (Å²) in [6.07, 6.45) is -0.454. The lowest BCUT2D eigenvalue weighted by Gasteiger charge is -2.34. The first kappa shape index (κ1) is 21.3. The number of para-hydroxylation sites is 2. The Balaban J connectivity index is 1.60. The number of carbonyl (C=O) groups is 1. The number of hydrogen-bond donors (Lipinski definition) is 0. The van der Waals surface area contributed by atoms with Crippen LogP contribution in [0.3, 0.4) is 0 Å². The van der Waals surface area contributed by atoms with E-state index in [1.54, 1.807) is 49.5 Å². The maximum absolute atomic E-state index is 13.5. The van der Waals surface area contributed by atoms with Gasteiger partial charge in [-0.3, -0.25) is 4.79 Å². The van der Waals surface area contributed by atoms with Crippen molar-refractivity contribution in [1.29, 1.82) is 0 Å². The van der Waals surface area contributed by atoms with E-state index in [-0.39, 0.29) is 30.6 Å². The van der Waals surface area contributed by atoms with Crippen molar-refractivity contribution < 1.29 is 32.2 Å². The van der Waals surface area contributed by atoms with Crippen LogP contribution in [0.25, 0.3) is 0 Å². The Morgan fingerprint density at radius 1 is 1.10 bits per heavy atom. The molecule has 0 saturated carbocycles. The molecule has 0 aliphatic carbocycles. The Morgan fingerprint density at radius 2 is 1.84 bits per heavy atom. The van der Waals surface area contributed by atoms with E-state index in [4.69, 9.17) is 18.9 Å². The van der Waals surface area contributed by atoms with E-state index in [0.717, 1.165) is 5.56 Å². The van der Waals surface area contributed by atoms with E-state index < -0.39 is 22.0 Å². The molecule has 0 radical (unpaired) electrons. The van der Waals surface area contributed by atoms with Crippen LogP contribution in [-0.2, 0) is 21.2 Å². The molecule has 2 aliphatic heterocycles. The summed E-state index contributed by atoms with van der Waals surface area (Å²) in [6, 6.07) is 12.1. The number of sulfone groups is 1. The minimum absolute atomic E-state index is 0.0593. The van der Waals surface area contributed by atoms with Gasteiger partial charge in [-0.2, -0.15) is 0 Å². The topological polar surface area (TPSA) is 91.4 Å². The van der Waals surface area contributed by atoms with E-state index in [1.165, 1.54) is 0 Å². The molecule has 2 aromatic carbocycles. The predicted octanol–water partition coefficient (Wildman–Crippen LogP) is 2.06. The first-order valence-corrected chi connectivity index (χ1v) is 11.8. The number of amides is 1. The molecule has 2 unspecified atom stereocenters. The lowest BCUT2D eigenvalue weighted by molar-refractivity contribution is -0.143. The molecule has 1 fully saturated rings. The number of benzene rings is 2.